The second kappa shape index (κ2) is 10.4. The van der Waals surface area contributed by atoms with Crippen molar-refractivity contribution in [2.75, 3.05) is 33.4 Å². The fourth-order valence-corrected chi connectivity index (χ4v) is 4.91. The maximum Gasteiger partial charge on any atom is 0.306 e. The van der Waals surface area contributed by atoms with Crippen LogP contribution in [-0.4, -0.2) is 49.2 Å². The van der Waals surface area contributed by atoms with Gasteiger partial charge in [0, 0.05) is 18.0 Å². The summed E-state index contributed by atoms with van der Waals surface area (Å²) < 4.78 is 24.0. The quantitative estimate of drug-likeness (QED) is 0.496. The standard InChI is InChI=1S/C26H33FN2O3/c1-31-25(30)10-14-29-15-12-26(13-16-29,19-32-24-8-7-22(27)18-28-24)11-9-21-17-23(21)20-5-3-2-4-6-20/h2-8,18,21,23H,9-17,19H2,1H3/t21-,23?/m1/s1. The molecular weight excluding hydrogens is 407 g/mol. The smallest absolute Gasteiger partial charge is 0.306 e. The van der Waals surface area contributed by atoms with Crippen LogP contribution < -0.4 is 4.74 Å². The normalized spacial score (nSPS) is 22.3. The molecule has 0 amide bonds. The van der Waals surface area contributed by atoms with Crippen molar-refractivity contribution in [1.82, 2.24) is 9.88 Å². The highest BCUT2D eigenvalue weighted by atomic mass is 19.1. The molecule has 1 aliphatic carbocycles. The Morgan fingerprint density at radius 1 is 1.19 bits per heavy atom. The van der Waals surface area contributed by atoms with Gasteiger partial charge in [-0.2, -0.15) is 0 Å². The van der Waals surface area contributed by atoms with Crippen LogP contribution in [0.4, 0.5) is 4.39 Å². The number of esters is 1. The van der Waals surface area contributed by atoms with Gasteiger partial charge in [-0.15, -0.1) is 0 Å². The van der Waals surface area contributed by atoms with Gasteiger partial charge in [0.25, 0.3) is 0 Å². The van der Waals surface area contributed by atoms with E-state index in [1.165, 1.54) is 37.8 Å². The summed E-state index contributed by atoms with van der Waals surface area (Å²) in [6.45, 7) is 3.23. The van der Waals surface area contributed by atoms with Crippen molar-refractivity contribution in [2.24, 2.45) is 11.3 Å². The van der Waals surface area contributed by atoms with Gasteiger partial charge in [0.2, 0.25) is 5.88 Å². The molecule has 2 atom stereocenters. The zero-order valence-electron chi connectivity index (χ0n) is 18.8. The first-order chi connectivity index (χ1) is 15.6. The number of nitrogens with zero attached hydrogens (tertiary/aromatic N) is 2. The Bertz CT molecular complexity index is 866. The van der Waals surface area contributed by atoms with Crippen molar-refractivity contribution >= 4 is 5.97 Å². The lowest BCUT2D eigenvalue weighted by atomic mass is 9.74. The van der Waals surface area contributed by atoms with Gasteiger partial charge in [-0.25, -0.2) is 9.37 Å². The number of carbonyl (C=O) groups is 1. The van der Waals surface area contributed by atoms with Crippen LogP contribution in [0.5, 0.6) is 5.88 Å². The minimum atomic E-state index is -0.355. The van der Waals surface area contributed by atoms with Gasteiger partial charge in [0.15, 0.2) is 0 Å². The van der Waals surface area contributed by atoms with Crippen molar-refractivity contribution in [3.63, 3.8) is 0 Å². The Morgan fingerprint density at radius 3 is 2.66 bits per heavy atom. The van der Waals surface area contributed by atoms with E-state index in [2.05, 4.69) is 40.2 Å². The number of hydrogen-bond donors (Lipinski definition) is 0. The van der Waals surface area contributed by atoms with Crippen LogP contribution in [0.25, 0.3) is 0 Å². The summed E-state index contributed by atoms with van der Waals surface area (Å²) in [7, 11) is 1.44. The minimum Gasteiger partial charge on any atom is -0.477 e. The lowest BCUT2D eigenvalue weighted by molar-refractivity contribution is -0.141. The maximum atomic E-state index is 13.2. The average Bonchev–Trinajstić information content (AvgIpc) is 3.62. The molecule has 2 fully saturated rings. The molecule has 1 aromatic heterocycles. The Balaban J connectivity index is 1.34. The fourth-order valence-electron chi connectivity index (χ4n) is 4.91. The molecule has 4 rings (SSSR count). The second-order valence-electron chi connectivity index (χ2n) is 9.32. The predicted molar refractivity (Wildman–Crippen MR) is 121 cm³/mol. The number of methoxy groups -OCH3 is 1. The highest BCUT2D eigenvalue weighted by molar-refractivity contribution is 5.69. The van der Waals surface area contributed by atoms with Crippen molar-refractivity contribution in [2.45, 2.75) is 44.4 Å². The first kappa shape index (κ1) is 22.7. The largest absolute Gasteiger partial charge is 0.477 e. The van der Waals surface area contributed by atoms with Crippen molar-refractivity contribution < 1.29 is 18.7 Å². The van der Waals surface area contributed by atoms with Crippen LogP contribution in [0, 0.1) is 17.2 Å². The number of benzene rings is 1. The van der Waals surface area contributed by atoms with Crippen LogP contribution in [0.1, 0.15) is 50.0 Å². The number of carbonyl (C=O) groups excluding carboxylic acids is 1. The number of likely N-dealkylation sites (tertiary alicyclic amines) is 1. The van der Waals surface area contributed by atoms with Gasteiger partial charge >= 0.3 is 5.97 Å². The van der Waals surface area contributed by atoms with E-state index in [1.54, 1.807) is 6.07 Å². The second-order valence-corrected chi connectivity index (χ2v) is 9.32. The molecule has 0 spiro atoms. The topological polar surface area (TPSA) is 51.7 Å². The summed E-state index contributed by atoms with van der Waals surface area (Å²) >= 11 is 0. The van der Waals surface area contributed by atoms with Crippen molar-refractivity contribution in [3.8, 4) is 5.88 Å². The molecule has 6 heteroatoms. The van der Waals surface area contributed by atoms with Crippen molar-refractivity contribution in [3.05, 3.63) is 60.0 Å². The molecule has 5 nitrogen and oxygen atoms in total. The Morgan fingerprint density at radius 2 is 1.97 bits per heavy atom. The molecule has 2 aromatic rings. The van der Waals surface area contributed by atoms with E-state index in [4.69, 9.17) is 9.47 Å². The third-order valence-corrected chi connectivity index (χ3v) is 7.20. The number of ether oxygens (including phenoxy) is 2. The van der Waals surface area contributed by atoms with Gasteiger partial charge in [0.05, 0.1) is 26.3 Å². The molecule has 2 aliphatic rings. The Labute approximate surface area is 189 Å². The van der Waals surface area contributed by atoms with Gasteiger partial charge < -0.3 is 14.4 Å². The molecule has 2 heterocycles. The first-order valence-electron chi connectivity index (χ1n) is 11.7. The molecule has 32 heavy (non-hydrogen) atoms. The fraction of sp³-hybridized carbons (Fsp3) is 0.538. The lowest BCUT2D eigenvalue weighted by Gasteiger charge is -2.41. The maximum absolute atomic E-state index is 13.2. The highest BCUT2D eigenvalue weighted by Crippen LogP contribution is 2.52. The molecule has 1 unspecified atom stereocenters. The zero-order chi connectivity index (χ0) is 22.4. The number of pyridine rings is 1. The van der Waals surface area contributed by atoms with E-state index in [0.717, 1.165) is 44.8 Å². The van der Waals surface area contributed by atoms with Gasteiger partial charge in [-0.3, -0.25) is 4.79 Å². The van der Waals surface area contributed by atoms with E-state index < -0.39 is 0 Å². The third-order valence-electron chi connectivity index (χ3n) is 7.20. The minimum absolute atomic E-state index is 0.0850. The van der Waals surface area contributed by atoms with Crippen LogP contribution >= 0.6 is 0 Å². The van der Waals surface area contributed by atoms with E-state index in [0.29, 0.717) is 24.8 Å². The van der Waals surface area contributed by atoms with Gasteiger partial charge in [-0.1, -0.05) is 30.3 Å². The van der Waals surface area contributed by atoms with E-state index >= 15 is 0 Å². The van der Waals surface area contributed by atoms with Gasteiger partial charge in [0.1, 0.15) is 5.82 Å². The highest BCUT2D eigenvalue weighted by Gasteiger charge is 2.42. The molecule has 0 radical (unpaired) electrons. The van der Waals surface area contributed by atoms with Crippen LogP contribution in [-0.2, 0) is 9.53 Å². The number of halogens is 1. The summed E-state index contributed by atoms with van der Waals surface area (Å²) in [6.07, 6.45) is 7.27. The Kier molecular flexibility index (Phi) is 7.40. The molecule has 0 bridgehead atoms. The third kappa shape index (κ3) is 6.06. The molecule has 172 valence electrons. The molecule has 1 saturated heterocycles. The molecular formula is C26H33FN2O3. The molecule has 1 aromatic carbocycles. The number of piperidine rings is 1. The van der Waals surface area contributed by atoms with Gasteiger partial charge in [-0.05, 0) is 68.7 Å². The first-order valence-corrected chi connectivity index (χ1v) is 11.7. The van der Waals surface area contributed by atoms with E-state index in [-0.39, 0.29) is 17.2 Å². The summed E-state index contributed by atoms with van der Waals surface area (Å²) in [5.74, 6) is 1.40. The summed E-state index contributed by atoms with van der Waals surface area (Å²) in [4.78, 5) is 17.9. The summed E-state index contributed by atoms with van der Waals surface area (Å²) in [5, 5.41) is 0. The van der Waals surface area contributed by atoms with Crippen molar-refractivity contribution in [1.29, 1.82) is 0 Å². The van der Waals surface area contributed by atoms with Crippen LogP contribution in [0.3, 0.4) is 0 Å². The van der Waals surface area contributed by atoms with Crippen LogP contribution in [0.15, 0.2) is 48.7 Å². The number of rotatable bonds is 10. The van der Waals surface area contributed by atoms with Crippen LogP contribution in [0.2, 0.25) is 0 Å². The molecule has 1 saturated carbocycles. The number of hydrogen-bond acceptors (Lipinski definition) is 5. The average molecular weight is 441 g/mol. The molecule has 0 N–H and O–H groups in total. The van der Waals surface area contributed by atoms with E-state index in [9.17, 15) is 9.18 Å². The lowest BCUT2D eigenvalue weighted by Crippen LogP contribution is -2.44. The zero-order valence-corrected chi connectivity index (χ0v) is 18.8. The summed E-state index contributed by atoms with van der Waals surface area (Å²) in [5.41, 5.74) is 1.54. The predicted octanol–water partition coefficient (Wildman–Crippen LogP) is 4.83. The monoisotopic (exact) mass is 440 g/mol. The molecule has 1 aliphatic heterocycles. The Hall–Kier alpha value is -2.47. The van der Waals surface area contributed by atoms with E-state index in [1.807, 2.05) is 0 Å². The number of aromatic nitrogens is 1. The summed E-state index contributed by atoms with van der Waals surface area (Å²) in [6, 6.07) is 13.8. The SMILES string of the molecule is COC(=O)CCN1CCC(CC[C@@H]2CC2c2ccccc2)(COc2ccc(F)cn2)CC1.